The molecule has 0 heteroatoms. The number of allylic oxidation sites excluding steroid dienone is 7. The predicted molar refractivity (Wildman–Crippen MR) is 84.8 cm³/mol. The number of unbranched alkanes of at least 4 members (excludes halogenated alkanes) is 1. The molecule has 0 aliphatic heterocycles. The molecule has 0 aliphatic carbocycles. The van der Waals surface area contributed by atoms with Crippen LogP contribution in [0, 0.1) is 0 Å². The maximum atomic E-state index is 3.74. The Morgan fingerprint density at radius 2 is 1.22 bits per heavy atom. The first-order valence-corrected chi connectivity index (χ1v) is 7.11. The van der Waals surface area contributed by atoms with Crippen molar-refractivity contribution in [1.29, 1.82) is 0 Å². The summed E-state index contributed by atoms with van der Waals surface area (Å²) in [6, 6.07) is 0. The minimum absolute atomic E-state index is 1.09. The van der Waals surface area contributed by atoms with Crippen molar-refractivity contribution in [3.63, 3.8) is 0 Å². The van der Waals surface area contributed by atoms with Crippen LogP contribution >= 0.6 is 0 Å². The summed E-state index contributed by atoms with van der Waals surface area (Å²) in [6.07, 6.45) is 16.0. The zero-order valence-electron chi connectivity index (χ0n) is 12.8. The molecule has 0 saturated carbocycles. The molecule has 0 N–H and O–H groups in total. The molecule has 0 aliphatic rings. The van der Waals surface area contributed by atoms with Crippen LogP contribution in [0.15, 0.2) is 47.6 Å². The van der Waals surface area contributed by atoms with Crippen LogP contribution in [0.4, 0.5) is 0 Å². The molecule has 0 bridgehead atoms. The Bertz CT molecular complexity index is 309. The van der Waals surface area contributed by atoms with Gasteiger partial charge in [-0.2, -0.15) is 0 Å². The van der Waals surface area contributed by atoms with Gasteiger partial charge in [-0.3, -0.25) is 0 Å². The first-order valence-electron chi connectivity index (χ1n) is 7.11. The maximum Gasteiger partial charge on any atom is -0.0288 e. The van der Waals surface area contributed by atoms with Gasteiger partial charge in [-0.1, -0.05) is 41.0 Å². The van der Waals surface area contributed by atoms with Gasteiger partial charge in [0.2, 0.25) is 0 Å². The van der Waals surface area contributed by atoms with Gasteiger partial charge in [0.1, 0.15) is 0 Å². The van der Waals surface area contributed by atoms with Gasteiger partial charge in [0.05, 0.1) is 0 Å². The van der Waals surface area contributed by atoms with E-state index >= 15 is 0 Å². The molecule has 0 fully saturated rings. The largest absolute Gasteiger partial charge is 0.103 e. The fraction of sp³-hybridized carbons (Fsp3) is 0.556. The third-order valence-corrected chi connectivity index (χ3v) is 2.99. The van der Waals surface area contributed by atoms with Gasteiger partial charge < -0.3 is 0 Å². The van der Waals surface area contributed by atoms with E-state index in [0.717, 1.165) is 12.8 Å². The molecule has 0 saturated heterocycles. The minimum atomic E-state index is 1.09. The van der Waals surface area contributed by atoms with E-state index in [0.29, 0.717) is 0 Å². The molecule has 18 heavy (non-hydrogen) atoms. The van der Waals surface area contributed by atoms with Crippen molar-refractivity contribution in [3.05, 3.63) is 47.6 Å². The normalized spacial score (nSPS) is 12.4. The standard InChI is InChI=1S/C18H30/c1-6-7-8-12-17(4)14-10-15-18(5)13-9-11-16(2)3/h6,11-12,15H,1,7-10,13-14H2,2-5H3/b17-12+,18-15+. The molecule has 0 amide bonds. The Balaban J connectivity index is 3.82. The SMILES string of the molecule is C=CCC/C=C(\C)CC/C=C(\C)CCC=C(C)C. The molecule has 0 aromatic carbocycles. The molecule has 0 unspecified atom stereocenters. The Morgan fingerprint density at radius 1 is 0.722 bits per heavy atom. The molecule has 0 atom stereocenters. The molecule has 0 aromatic heterocycles. The summed E-state index contributed by atoms with van der Waals surface area (Å²) < 4.78 is 0. The molecular formula is C18H30. The lowest BCUT2D eigenvalue weighted by Gasteiger charge is -2.01. The monoisotopic (exact) mass is 246 g/mol. The van der Waals surface area contributed by atoms with Gasteiger partial charge in [-0.25, -0.2) is 0 Å². The van der Waals surface area contributed by atoms with Crippen LogP contribution < -0.4 is 0 Å². The lowest BCUT2D eigenvalue weighted by Crippen LogP contribution is -1.81. The number of hydrogen-bond acceptors (Lipinski definition) is 0. The Morgan fingerprint density at radius 3 is 1.72 bits per heavy atom. The van der Waals surface area contributed by atoms with E-state index in [9.17, 15) is 0 Å². The highest BCUT2D eigenvalue weighted by Gasteiger charge is 1.91. The van der Waals surface area contributed by atoms with E-state index in [4.69, 9.17) is 0 Å². The van der Waals surface area contributed by atoms with Crippen molar-refractivity contribution in [3.8, 4) is 0 Å². The van der Waals surface area contributed by atoms with Crippen molar-refractivity contribution in [1.82, 2.24) is 0 Å². The molecule has 0 rings (SSSR count). The number of rotatable bonds is 9. The third-order valence-electron chi connectivity index (χ3n) is 2.99. The van der Waals surface area contributed by atoms with Crippen LogP contribution in [0.2, 0.25) is 0 Å². The predicted octanol–water partition coefficient (Wildman–Crippen LogP) is 6.37. The summed E-state index contributed by atoms with van der Waals surface area (Å²) in [5.74, 6) is 0. The van der Waals surface area contributed by atoms with E-state index in [2.05, 4.69) is 52.5 Å². The summed E-state index contributed by atoms with van der Waals surface area (Å²) in [5.41, 5.74) is 4.44. The second-order valence-electron chi connectivity index (χ2n) is 5.33. The van der Waals surface area contributed by atoms with Crippen molar-refractivity contribution >= 4 is 0 Å². The molecule has 0 nitrogen and oxygen atoms in total. The second kappa shape index (κ2) is 11.1. The molecule has 0 aromatic rings. The first kappa shape index (κ1) is 17.0. The van der Waals surface area contributed by atoms with Gasteiger partial charge >= 0.3 is 0 Å². The quantitative estimate of drug-likeness (QED) is 0.327. The zero-order chi connectivity index (χ0) is 13.8. The zero-order valence-corrected chi connectivity index (χ0v) is 12.8. The van der Waals surface area contributed by atoms with Crippen molar-refractivity contribution in [2.24, 2.45) is 0 Å². The fourth-order valence-corrected chi connectivity index (χ4v) is 1.79. The van der Waals surface area contributed by atoms with Crippen molar-refractivity contribution in [2.75, 3.05) is 0 Å². The van der Waals surface area contributed by atoms with Crippen molar-refractivity contribution in [2.45, 2.75) is 66.2 Å². The van der Waals surface area contributed by atoms with Gasteiger partial charge in [0.25, 0.3) is 0 Å². The molecule has 0 radical (unpaired) electrons. The highest BCUT2D eigenvalue weighted by Crippen LogP contribution is 2.12. The summed E-state index contributed by atoms with van der Waals surface area (Å²) in [5, 5.41) is 0. The van der Waals surface area contributed by atoms with Crippen molar-refractivity contribution < 1.29 is 0 Å². The molecule has 102 valence electrons. The minimum Gasteiger partial charge on any atom is -0.103 e. The van der Waals surface area contributed by atoms with Crippen LogP contribution in [0.3, 0.4) is 0 Å². The summed E-state index contributed by atoms with van der Waals surface area (Å²) in [6.45, 7) is 12.5. The third kappa shape index (κ3) is 11.4. The van der Waals surface area contributed by atoms with Crippen LogP contribution in [-0.4, -0.2) is 0 Å². The smallest absolute Gasteiger partial charge is 0.0288 e. The van der Waals surface area contributed by atoms with Gasteiger partial charge in [0.15, 0.2) is 0 Å². The van der Waals surface area contributed by atoms with E-state index in [1.54, 1.807) is 0 Å². The fourth-order valence-electron chi connectivity index (χ4n) is 1.79. The lowest BCUT2D eigenvalue weighted by molar-refractivity contribution is 0.907. The summed E-state index contributed by atoms with van der Waals surface area (Å²) in [7, 11) is 0. The molecule has 0 heterocycles. The maximum absolute atomic E-state index is 3.74. The van der Waals surface area contributed by atoms with Gasteiger partial charge in [-0.15, -0.1) is 6.58 Å². The van der Waals surface area contributed by atoms with E-state index < -0.39 is 0 Å². The number of hydrogen-bond donors (Lipinski definition) is 0. The second-order valence-corrected chi connectivity index (χ2v) is 5.33. The average molecular weight is 246 g/mol. The molecular weight excluding hydrogens is 216 g/mol. The highest BCUT2D eigenvalue weighted by atomic mass is 14.0. The van der Waals surface area contributed by atoms with Gasteiger partial charge in [0, 0.05) is 0 Å². The van der Waals surface area contributed by atoms with E-state index in [1.165, 1.54) is 42.4 Å². The van der Waals surface area contributed by atoms with Gasteiger partial charge in [-0.05, 0) is 66.2 Å². The van der Waals surface area contributed by atoms with Crippen LogP contribution in [-0.2, 0) is 0 Å². The Kier molecular flexibility index (Phi) is 10.4. The van der Waals surface area contributed by atoms with E-state index in [-0.39, 0.29) is 0 Å². The Hall–Kier alpha value is -1.04. The van der Waals surface area contributed by atoms with Crippen LogP contribution in [0.1, 0.15) is 66.2 Å². The molecule has 0 spiro atoms. The first-order chi connectivity index (χ1) is 8.56. The topological polar surface area (TPSA) is 0 Å². The highest BCUT2D eigenvalue weighted by molar-refractivity contribution is 5.05. The lowest BCUT2D eigenvalue weighted by atomic mass is 10.1. The Labute approximate surface area is 114 Å². The van der Waals surface area contributed by atoms with Crippen LogP contribution in [0.25, 0.3) is 0 Å². The van der Waals surface area contributed by atoms with E-state index in [1.807, 2.05) is 6.08 Å². The van der Waals surface area contributed by atoms with Crippen LogP contribution in [0.5, 0.6) is 0 Å². The average Bonchev–Trinajstić information content (AvgIpc) is 2.29. The summed E-state index contributed by atoms with van der Waals surface area (Å²) >= 11 is 0. The summed E-state index contributed by atoms with van der Waals surface area (Å²) in [4.78, 5) is 0.